The fraction of sp³-hybridized carbons (Fsp3) is 0.270. The van der Waals surface area contributed by atoms with Crippen molar-refractivity contribution in [3.05, 3.63) is 119 Å². The van der Waals surface area contributed by atoms with Gasteiger partial charge in [-0.15, -0.1) is 0 Å². The molecular weight excluding hydrogens is 625 g/mol. The fourth-order valence-corrected chi connectivity index (χ4v) is 5.21. The van der Waals surface area contributed by atoms with E-state index in [2.05, 4.69) is 5.32 Å². The minimum atomic E-state index is -4.45. The number of ether oxygens (including phenoxy) is 3. The molecule has 5 rings (SSSR count). The third kappa shape index (κ3) is 8.93. The Kier molecular flexibility index (Phi) is 10.1. The number of rotatable bonds is 7. The van der Waals surface area contributed by atoms with Crippen molar-refractivity contribution in [3.63, 3.8) is 0 Å². The summed E-state index contributed by atoms with van der Waals surface area (Å²) in [6.45, 7) is 5.51. The first kappa shape index (κ1) is 34.0. The Hall–Kier alpha value is -5.32. The number of halogens is 3. The molecule has 1 N–H and O–H groups in total. The molecule has 250 valence electrons. The van der Waals surface area contributed by atoms with Crippen molar-refractivity contribution in [2.75, 3.05) is 13.1 Å². The molecule has 4 aromatic carbocycles. The number of hydrogen-bond donors (Lipinski definition) is 1. The van der Waals surface area contributed by atoms with E-state index in [-0.39, 0.29) is 18.8 Å². The van der Waals surface area contributed by atoms with E-state index in [0.717, 1.165) is 34.4 Å². The number of carbonyl (C=O) groups excluding carboxylic acids is 3. The molecule has 0 aromatic heterocycles. The summed E-state index contributed by atoms with van der Waals surface area (Å²) in [4.78, 5) is 40.2. The van der Waals surface area contributed by atoms with Gasteiger partial charge < -0.3 is 24.4 Å². The lowest BCUT2D eigenvalue weighted by atomic mass is 9.96. The molecule has 11 heteroatoms. The molecule has 1 unspecified atom stereocenters. The summed E-state index contributed by atoms with van der Waals surface area (Å²) in [7, 11) is 0. The minimum Gasteiger partial charge on any atom is -0.459 e. The van der Waals surface area contributed by atoms with Gasteiger partial charge in [0, 0.05) is 19.6 Å². The molecule has 4 aromatic rings. The van der Waals surface area contributed by atoms with Crippen molar-refractivity contribution in [2.45, 2.75) is 51.4 Å². The molecule has 0 fully saturated rings. The van der Waals surface area contributed by atoms with Gasteiger partial charge in [-0.3, -0.25) is 4.79 Å². The first-order chi connectivity index (χ1) is 22.7. The smallest absolute Gasteiger partial charge is 0.419 e. The van der Waals surface area contributed by atoms with Crippen molar-refractivity contribution in [2.24, 2.45) is 0 Å². The van der Waals surface area contributed by atoms with Crippen LogP contribution in [0.2, 0.25) is 0 Å². The predicted octanol–water partition coefficient (Wildman–Crippen LogP) is 8.49. The number of alkyl halides is 3. The van der Waals surface area contributed by atoms with Crippen LogP contribution in [0.1, 0.15) is 48.9 Å². The summed E-state index contributed by atoms with van der Waals surface area (Å²) in [5.74, 6) is -0.792. The Balaban J connectivity index is 1.20. The number of carbonyl (C=O) groups is 3. The molecule has 8 nitrogen and oxygen atoms in total. The highest BCUT2D eigenvalue weighted by atomic mass is 19.4. The van der Waals surface area contributed by atoms with Crippen molar-refractivity contribution in [3.8, 4) is 22.6 Å². The maximum atomic E-state index is 13.2. The molecule has 0 saturated carbocycles. The van der Waals surface area contributed by atoms with E-state index in [4.69, 9.17) is 14.2 Å². The molecule has 2 amide bonds. The summed E-state index contributed by atoms with van der Waals surface area (Å²) < 4.78 is 55.1. The summed E-state index contributed by atoms with van der Waals surface area (Å²) in [5.41, 5.74) is 2.76. The van der Waals surface area contributed by atoms with E-state index in [0.29, 0.717) is 24.3 Å². The van der Waals surface area contributed by atoms with Crippen LogP contribution in [0.4, 0.5) is 22.8 Å². The van der Waals surface area contributed by atoms with Gasteiger partial charge in [-0.25, -0.2) is 9.59 Å². The first-order valence-corrected chi connectivity index (χ1v) is 15.3. The quantitative estimate of drug-likeness (QED) is 0.158. The average molecular weight is 661 g/mol. The summed E-state index contributed by atoms with van der Waals surface area (Å²) >= 11 is 0. The van der Waals surface area contributed by atoms with E-state index in [1.807, 2.05) is 48.5 Å². The number of fused-ring (bicyclic) bond motifs is 1. The topological polar surface area (TPSA) is 94.2 Å². The molecule has 1 aliphatic heterocycles. The highest BCUT2D eigenvalue weighted by Crippen LogP contribution is 2.33. The minimum absolute atomic E-state index is 0.125. The molecule has 1 heterocycles. The Morgan fingerprint density at radius 1 is 0.812 bits per heavy atom. The predicted molar refractivity (Wildman–Crippen MR) is 172 cm³/mol. The van der Waals surface area contributed by atoms with Crippen LogP contribution < -0.4 is 10.1 Å². The number of alkyl carbamates (subject to hydrolysis) is 1. The van der Waals surface area contributed by atoms with Crippen molar-refractivity contribution in [1.82, 2.24) is 10.2 Å². The summed E-state index contributed by atoms with van der Waals surface area (Å²) in [6.07, 6.45) is -5.84. The molecule has 0 saturated heterocycles. The van der Waals surface area contributed by atoms with E-state index >= 15 is 0 Å². The molecule has 0 aliphatic carbocycles. The molecule has 48 heavy (non-hydrogen) atoms. The van der Waals surface area contributed by atoms with Crippen molar-refractivity contribution in [1.29, 1.82) is 0 Å². The number of benzene rings is 4. The SMILES string of the molecule is CC(C)(C)OC(=O)C(CNC(=O)OC(=O)N1CCc2ccc(Oc3ccc(C(F)(F)F)cc3)cc2C1)c1ccc(-c2ccccc2)cc1. The zero-order valence-electron chi connectivity index (χ0n) is 26.7. The highest BCUT2D eigenvalue weighted by Gasteiger charge is 2.31. The van der Waals surface area contributed by atoms with Crippen LogP contribution in [0.3, 0.4) is 0 Å². The largest absolute Gasteiger partial charge is 0.459 e. The number of amides is 2. The van der Waals surface area contributed by atoms with E-state index in [1.54, 1.807) is 45.0 Å². The van der Waals surface area contributed by atoms with Gasteiger partial charge in [-0.05, 0) is 91.4 Å². The van der Waals surface area contributed by atoms with Crippen LogP contribution in [0, 0.1) is 0 Å². The van der Waals surface area contributed by atoms with E-state index in [1.165, 1.54) is 17.0 Å². The Labute approximate surface area is 276 Å². The van der Waals surface area contributed by atoms with Crippen molar-refractivity contribution < 1.29 is 41.8 Å². The summed E-state index contributed by atoms with van der Waals surface area (Å²) in [6, 6.07) is 26.7. The van der Waals surface area contributed by atoms with E-state index < -0.39 is 41.4 Å². The standard InChI is InChI=1S/C37H35F3N2O6/c1-36(2,3)48-33(43)32(27-11-9-25(10-12-27)24-7-5-4-6-8-24)22-41-34(44)47-35(45)42-20-19-26-13-16-31(21-28(26)23-42)46-30-17-14-29(15-18-30)37(38,39)40/h4-18,21,32H,19-20,22-23H2,1-3H3,(H,41,44). The molecule has 0 radical (unpaired) electrons. The Bertz CT molecular complexity index is 1750. The van der Waals surface area contributed by atoms with Gasteiger partial charge in [-0.2, -0.15) is 13.2 Å². The van der Waals surface area contributed by atoms with Gasteiger partial charge in [0.15, 0.2) is 0 Å². The maximum absolute atomic E-state index is 13.2. The van der Waals surface area contributed by atoms with Gasteiger partial charge >= 0.3 is 24.3 Å². The second-order valence-electron chi connectivity index (χ2n) is 12.3. The van der Waals surface area contributed by atoms with Crippen LogP contribution in [0.15, 0.2) is 97.1 Å². The number of esters is 1. The number of nitrogens with zero attached hydrogens (tertiary/aromatic N) is 1. The zero-order chi connectivity index (χ0) is 34.5. The van der Waals surface area contributed by atoms with Crippen LogP contribution in [-0.2, 0) is 33.4 Å². The number of hydrogen-bond acceptors (Lipinski definition) is 6. The van der Waals surface area contributed by atoms with Crippen LogP contribution in [-0.4, -0.2) is 41.7 Å². The average Bonchev–Trinajstić information content (AvgIpc) is 3.04. The Morgan fingerprint density at radius 2 is 1.46 bits per heavy atom. The lowest BCUT2D eigenvalue weighted by molar-refractivity contribution is -0.156. The summed E-state index contributed by atoms with van der Waals surface area (Å²) in [5, 5.41) is 2.53. The van der Waals surface area contributed by atoms with E-state index in [9.17, 15) is 27.6 Å². The molecule has 0 spiro atoms. The first-order valence-electron chi connectivity index (χ1n) is 15.3. The molecular formula is C37H35F3N2O6. The zero-order valence-corrected chi connectivity index (χ0v) is 26.7. The van der Waals surface area contributed by atoms with Gasteiger partial charge in [0.05, 0.1) is 11.5 Å². The second kappa shape index (κ2) is 14.2. The normalized spacial score (nSPS) is 13.6. The van der Waals surface area contributed by atoms with Gasteiger partial charge in [0.1, 0.15) is 17.1 Å². The monoisotopic (exact) mass is 660 g/mol. The lowest BCUT2D eigenvalue weighted by Crippen LogP contribution is -2.41. The fourth-order valence-electron chi connectivity index (χ4n) is 5.21. The van der Waals surface area contributed by atoms with Gasteiger partial charge in [-0.1, -0.05) is 60.7 Å². The van der Waals surface area contributed by atoms with Crippen LogP contribution >= 0.6 is 0 Å². The Morgan fingerprint density at radius 3 is 2.10 bits per heavy atom. The van der Waals surface area contributed by atoms with Crippen LogP contribution in [0.25, 0.3) is 11.1 Å². The second-order valence-corrected chi connectivity index (χ2v) is 12.3. The molecule has 1 atom stereocenters. The number of nitrogens with one attached hydrogen (secondary N) is 1. The highest BCUT2D eigenvalue weighted by molar-refractivity contribution is 5.85. The van der Waals surface area contributed by atoms with Crippen molar-refractivity contribution >= 4 is 18.2 Å². The molecule has 1 aliphatic rings. The lowest BCUT2D eigenvalue weighted by Gasteiger charge is -2.28. The van der Waals surface area contributed by atoms with Crippen LogP contribution in [0.5, 0.6) is 11.5 Å². The third-order valence-corrected chi connectivity index (χ3v) is 7.61. The third-order valence-electron chi connectivity index (χ3n) is 7.61. The molecule has 0 bridgehead atoms. The van der Waals surface area contributed by atoms with Gasteiger partial charge in [0.2, 0.25) is 0 Å². The van der Waals surface area contributed by atoms with Gasteiger partial charge in [0.25, 0.3) is 0 Å². The maximum Gasteiger partial charge on any atom is 0.419 e.